The Bertz CT molecular complexity index is 1110. The maximum Gasteiger partial charge on any atom is 0.261 e. The van der Waals surface area contributed by atoms with Gasteiger partial charge >= 0.3 is 0 Å². The van der Waals surface area contributed by atoms with E-state index in [9.17, 15) is 13.2 Å². The van der Waals surface area contributed by atoms with Gasteiger partial charge in [-0.3, -0.25) is 9.52 Å². The highest BCUT2D eigenvalue weighted by Crippen LogP contribution is 2.24. The molecule has 7 heteroatoms. The topological polar surface area (TPSA) is 75.3 Å². The highest BCUT2D eigenvalue weighted by Gasteiger charge is 2.14. The Morgan fingerprint density at radius 2 is 1.54 bits per heavy atom. The number of hydrogen-bond acceptors (Lipinski definition) is 3. The second-order valence-corrected chi connectivity index (χ2v) is 8.45. The van der Waals surface area contributed by atoms with E-state index in [-0.39, 0.29) is 10.8 Å². The summed E-state index contributed by atoms with van der Waals surface area (Å²) in [6.45, 7) is 3.71. The molecule has 2 N–H and O–H groups in total. The molecule has 0 aliphatic rings. The predicted molar refractivity (Wildman–Crippen MR) is 113 cm³/mol. The fraction of sp³-hybridized carbons (Fsp3) is 0.0952. The molecular formula is C21H19ClN2O3S. The zero-order valence-electron chi connectivity index (χ0n) is 15.4. The normalized spacial score (nSPS) is 11.1. The number of halogens is 1. The minimum absolute atomic E-state index is 0.177. The Kier molecular flexibility index (Phi) is 5.72. The second kappa shape index (κ2) is 8.04. The quantitative estimate of drug-likeness (QED) is 0.616. The predicted octanol–water partition coefficient (Wildman–Crippen LogP) is 5.01. The van der Waals surface area contributed by atoms with Crippen molar-refractivity contribution >= 4 is 38.9 Å². The molecule has 3 rings (SSSR count). The Balaban J connectivity index is 1.73. The Morgan fingerprint density at radius 3 is 2.18 bits per heavy atom. The van der Waals surface area contributed by atoms with Crippen LogP contribution >= 0.6 is 11.6 Å². The molecule has 0 unspecified atom stereocenters. The number of nitrogens with one attached hydrogen (secondary N) is 2. The summed E-state index contributed by atoms with van der Waals surface area (Å²) in [7, 11) is -3.69. The average Bonchev–Trinajstić information content (AvgIpc) is 2.66. The monoisotopic (exact) mass is 414 g/mol. The van der Waals surface area contributed by atoms with E-state index in [1.807, 2.05) is 13.8 Å². The number of amides is 1. The zero-order chi connectivity index (χ0) is 20.3. The van der Waals surface area contributed by atoms with Gasteiger partial charge in [-0.1, -0.05) is 35.4 Å². The molecule has 0 spiro atoms. The van der Waals surface area contributed by atoms with Crippen LogP contribution in [-0.4, -0.2) is 14.3 Å². The molecule has 3 aromatic rings. The molecule has 0 aromatic heterocycles. The number of rotatable bonds is 5. The number of benzene rings is 3. The highest BCUT2D eigenvalue weighted by atomic mass is 35.5. The summed E-state index contributed by atoms with van der Waals surface area (Å²) in [5.41, 5.74) is 3.15. The molecular weight excluding hydrogens is 396 g/mol. The largest absolute Gasteiger partial charge is 0.322 e. The number of anilines is 2. The highest BCUT2D eigenvalue weighted by molar-refractivity contribution is 7.92. The summed E-state index contributed by atoms with van der Waals surface area (Å²) in [6, 6.07) is 18.1. The summed E-state index contributed by atoms with van der Waals surface area (Å²) in [5, 5.41) is 3.37. The SMILES string of the molecule is Cc1ccc(S(=O)(=O)Nc2ccc(C(=O)Nc3cccc(Cl)c3C)cc2)cc1. The van der Waals surface area contributed by atoms with Crippen molar-refractivity contribution in [3.05, 3.63) is 88.4 Å². The molecule has 1 amide bonds. The molecule has 3 aromatic carbocycles. The zero-order valence-corrected chi connectivity index (χ0v) is 16.9. The molecule has 144 valence electrons. The van der Waals surface area contributed by atoms with Gasteiger partial charge in [-0.15, -0.1) is 0 Å². The first-order chi connectivity index (χ1) is 13.3. The maximum atomic E-state index is 12.4. The van der Waals surface area contributed by atoms with Gasteiger partial charge in [0.25, 0.3) is 15.9 Å². The molecule has 0 saturated carbocycles. The molecule has 0 radical (unpaired) electrons. The van der Waals surface area contributed by atoms with E-state index < -0.39 is 10.0 Å². The van der Waals surface area contributed by atoms with Crippen molar-refractivity contribution in [2.75, 3.05) is 10.0 Å². The summed E-state index contributed by atoms with van der Waals surface area (Å²) < 4.78 is 27.4. The maximum absolute atomic E-state index is 12.4. The lowest BCUT2D eigenvalue weighted by Gasteiger charge is -2.11. The first kappa shape index (κ1) is 19.9. The Morgan fingerprint density at radius 1 is 0.893 bits per heavy atom. The average molecular weight is 415 g/mol. The van der Waals surface area contributed by atoms with Crippen LogP contribution in [0, 0.1) is 13.8 Å². The van der Waals surface area contributed by atoms with Gasteiger partial charge in [-0.2, -0.15) is 0 Å². The van der Waals surface area contributed by atoms with E-state index in [4.69, 9.17) is 11.6 Å². The molecule has 28 heavy (non-hydrogen) atoms. The molecule has 0 bridgehead atoms. The lowest BCUT2D eigenvalue weighted by molar-refractivity contribution is 0.102. The smallest absolute Gasteiger partial charge is 0.261 e. The molecule has 0 aliphatic carbocycles. The van der Waals surface area contributed by atoms with Gasteiger partial charge in [0.15, 0.2) is 0 Å². The molecule has 0 atom stereocenters. The van der Waals surface area contributed by atoms with Crippen LogP contribution in [0.3, 0.4) is 0 Å². The summed E-state index contributed by atoms with van der Waals surface area (Å²) in [4.78, 5) is 12.6. The first-order valence-electron chi connectivity index (χ1n) is 8.52. The van der Waals surface area contributed by atoms with E-state index in [0.717, 1.165) is 11.1 Å². The van der Waals surface area contributed by atoms with E-state index >= 15 is 0 Å². The van der Waals surface area contributed by atoms with Crippen LogP contribution in [0.5, 0.6) is 0 Å². The number of carbonyl (C=O) groups is 1. The van der Waals surface area contributed by atoms with Crippen molar-refractivity contribution in [3.63, 3.8) is 0 Å². The van der Waals surface area contributed by atoms with Crippen molar-refractivity contribution < 1.29 is 13.2 Å². The lowest BCUT2D eigenvalue weighted by Crippen LogP contribution is -2.14. The van der Waals surface area contributed by atoms with E-state index in [0.29, 0.717) is 22.0 Å². The Labute approximate surface area is 169 Å². The number of aryl methyl sites for hydroxylation is 1. The van der Waals surface area contributed by atoms with Gasteiger partial charge < -0.3 is 5.32 Å². The van der Waals surface area contributed by atoms with Crippen LogP contribution in [0.15, 0.2) is 71.6 Å². The van der Waals surface area contributed by atoms with Gasteiger partial charge in [-0.05, 0) is 67.9 Å². The van der Waals surface area contributed by atoms with Crippen LogP contribution in [0.2, 0.25) is 5.02 Å². The Hall–Kier alpha value is -2.83. The molecule has 0 aliphatic heterocycles. The standard InChI is InChI=1S/C21H19ClN2O3S/c1-14-6-12-18(13-7-14)28(26,27)24-17-10-8-16(9-11-17)21(25)23-20-5-3-4-19(22)15(20)2/h3-13,24H,1-2H3,(H,23,25). The molecule has 0 saturated heterocycles. The van der Waals surface area contributed by atoms with Crippen LogP contribution in [0.25, 0.3) is 0 Å². The number of carbonyl (C=O) groups excluding carboxylic acids is 1. The van der Waals surface area contributed by atoms with Gasteiger partial charge in [0, 0.05) is 22.0 Å². The minimum atomic E-state index is -3.69. The molecule has 5 nitrogen and oxygen atoms in total. The number of sulfonamides is 1. The third kappa shape index (κ3) is 4.52. The third-order valence-electron chi connectivity index (χ3n) is 4.25. The summed E-state index contributed by atoms with van der Waals surface area (Å²) >= 11 is 6.07. The van der Waals surface area contributed by atoms with Gasteiger partial charge in [0.05, 0.1) is 4.90 Å². The van der Waals surface area contributed by atoms with Crippen molar-refractivity contribution in [2.24, 2.45) is 0 Å². The fourth-order valence-corrected chi connectivity index (χ4v) is 3.79. The van der Waals surface area contributed by atoms with Crippen LogP contribution in [-0.2, 0) is 10.0 Å². The van der Waals surface area contributed by atoms with Crippen molar-refractivity contribution in [1.29, 1.82) is 0 Å². The third-order valence-corrected chi connectivity index (χ3v) is 6.05. The molecule has 0 fully saturated rings. The minimum Gasteiger partial charge on any atom is -0.322 e. The van der Waals surface area contributed by atoms with E-state index in [2.05, 4.69) is 10.0 Å². The summed E-state index contributed by atoms with van der Waals surface area (Å²) in [5.74, 6) is -0.307. The van der Waals surface area contributed by atoms with Crippen molar-refractivity contribution in [2.45, 2.75) is 18.7 Å². The van der Waals surface area contributed by atoms with Crippen molar-refractivity contribution in [3.8, 4) is 0 Å². The number of hydrogen-bond donors (Lipinski definition) is 2. The van der Waals surface area contributed by atoms with Gasteiger partial charge in [0.1, 0.15) is 0 Å². The van der Waals surface area contributed by atoms with E-state index in [1.165, 1.54) is 0 Å². The fourth-order valence-electron chi connectivity index (χ4n) is 2.56. The second-order valence-electron chi connectivity index (χ2n) is 6.36. The summed E-state index contributed by atoms with van der Waals surface area (Å²) in [6.07, 6.45) is 0. The van der Waals surface area contributed by atoms with Crippen molar-refractivity contribution in [1.82, 2.24) is 0 Å². The molecule has 0 heterocycles. The van der Waals surface area contributed by atoms with E-state index in [1.54, 1.807) is 66.7 Å². The van der Waals surface area contributed by atoms with Gasteiger partial charge in [-0.25, -0.2) is 8.42 Å². The van der Waals surface area contributed by atoms with Gasteiger partial charge in [0.2, 0.25) is 0 Å². The van der Waals surface area contributed by atoms with Crippen LogP contribution < -0.4 is 10.0 Å². The van der Waals surface area contributed by atoms with Crippen LogP contribution in [0.1, 0.15) is 21.5 Å². The first-order valence-corrected chi connectivity index (χ1v) is 10.4. The lowest BCUT2D eigenvalue weighted by atomic mass is 10.1. The van der Waals surface area contributed by atoms with Crippen LogP contribution in [0.4, 0.5) is 11.4 Å².